The topological polar surface area (TPSA) is 50.7 Å². The third-order valence-corrected chi connectivity index (χ3v) is 3.15. The molecule has 0 aromatic heterocycles. The molecule has 2 atom stereocenters. The monoisotopic (exact) mass is 271 g/mol. The molecule has 2 rings (SSSR count). The molecule has 1 aromatic carbocycles. The van der Waals surface area contributed by atoms with E-state index in [4.69, 9.17) is 21.1 Å². The predicted octanol–water partition coefficient (Wildman–Crippen LogP) is 1.46. The molecule has 5 heteroatoms. The Morgan fingerprint density at radius 2 is 2.33 bits per heavy atom. The van der Waals surface area contributed by atoms with E-state index >= 15 is 0 Å². The summed E-state index contributed by atoms with van der Waals surface area (Å²) in [4.78, 5) is 0. The fourth-order valence-corrected chi connectivity index (χ4v) is 2.00. The molecule has 1 fully saturated rings. The molecule has 1 heterocycles. The fourth-order valence-electron chi connectivity index (χ4n) is 1.80. The number of para-hydroxylation sites is 1. The molecule has 0 amide bonds. The van der Waals surface area contributed by atoms with Crippen LogP contribution in [0.15, 0.2) is 24.3 Å². The lowest BCUT2D eigenvalue weighted by Gasteiger charge is -2.16. The van der Waals surface area contributed by atoms with Gasteiger partial charge >= 0.3 is 0 Å². The highest BCUT2D eigenvalue weighted by atomic mass is 35.5. The fraction of sp³-hybridized carbons (Fsp3) is 0.538. The maximum Gasteiger partial charge on any atom is 0.138 e. The van der Waals surface area contributed by atoms with Gasteiger partial charge < -0.3 is 19.9 Å². The number of hydrogen-bond donors (Lipinski definition) is 2. The molecule has 0 bridgehead atoms. The molecule has 0 saturated carbocycles. The van der Waals surface area contributed by atoms with Crippen LogP contribution in [0.5, 0.6) is 5.75 Å². The van der Waals surface area contributed by atoms with Crippen molar-refractivity contribution in [2.45, 2.75) is 18.6 Å². The van der Waals surface area contributed by atoms with Gasteiger partial charge in [0.15, 0.2) is 0 Å². The number of halogens is 1. The number of aliphatic hydroxyl groups is 1. The van der Waals surface area contributed by atoms with Crippen LogP contribution in [0.2, 0.25) is 5.02 Å². The van der Waals surface area contributed by atoms with Crippen LogP contribution in [0.4, 0.5) is 0 Å². The third-order valence-electron chi connectivity index (χ3n) is 2.84. The normalized spacial score (nSPS) is 20.9. The van der Waals surface area contributed by atoms with Crippen molar-refractivity contribution in [3.05, 3.63) is 29.3 Å². The first-order chi connectivity index (χ1) is 8.75. The van der Waals surface area contributed by atoms with E-state index in [1.807, 2.05) is 12.1 Å². The summed E-state index contributed by atoms with van der Waals surface area (Å²) in [6.45, 7) is 2.24. The van der Waals surface area contributed by atoms with Crippen molar-refractivity contribution >= 4 is 11.6 Å². The molecule has 0 spiro atoms. The Kier molecular flexibility index (Phi) is 5.26. The van der Waals surface area contributed by atoms with Crippen molar-refractivity contribution in [3.63, 3.8) is 0 Å². The van der Waals surface area contributed by atoms with Crippen LogP contribution in [0, 0.1) is 0 Å². The van der Waals surface area contributed by atoms with Gasteiger partial charge in [0.25, 0.3) is 0 Å². The van der Waals surface area contributed by atoms with Gasteiger partial charge in [-0.15, -0.1) is 0 Å². The maximum absolute atomic E-state index is 9.79. The molecule has 0 aliphatic carbocycles. The second kappa shape index (κ2) is 6.95. The minimum absolute atomic E-state index is 0.226. The van der Waals surface area contributed by atoms with Gasteiger partial charge in [-0.3, -0.25) is 0 Å². The third kappa shape index (κ3) is 4.14. The van der Waals surface area contributed by atoms with Crippen LogP contribution in [-0.4, -0.2) is 43.6 Å². The number of hydrogen-bond acceptors (Lipinski definition) is 4. The molecular weight excluding hydrogens is 254 g/mol. The number of nitrogens with one attached hydrogen (secondary N) is 1. The predicted molar refractivity (Wildman–Crippen MR) is 70.2 cm³/mol. The summed E-state index contributed by atoms with van der Waals surface area (Å²) in [5.41, 5.74) is 0. The van der Waals surface area contributed by atoms with Gasteiger partial charge in [-0.1, -0.05) is 23.7 Å². The highest BCUT2D eigenvalue weighted by Crippen LogP contribution is 2.23. The van der Waals surface area contributed by atoms with Gasteiger partial charge in [-0.05, 0) is 18.6 Å². The minimum atomic E-state index is -0.554. The van der Waals surface area contributed by atoms with Gasteiger partial charge in [0, 0.05) is 19.2 Å². The van der Waals surface area contributed by atoms with Crippen LogP contribution in [-0.2, 0) is 4.74 Å². The summed E-state index contributed by atoms with van der Waals surface area (Å²) in [5, 5.41) is 13.6. The van der Waals surface area contributed by atoms with Gasteiger partial charge in [-0.2, -0.15) is 0 Å². The number of aliphatic hydroxyl groups excluding tert-OH is 1. The second-order valence-corrected chi connectivity index (χ2v) is 4.77. The Balaban J connectivity index is 1.68. The van der Waals surface area contributed by atoms with Crippen molar-refractivity contribution in [3.8, 4) is 5.75 Å². The van der Waals surface area contributed by atoms with E-state index < -0.39 is 6.10 Å². The lowest BCUT2D eigenvalue weighted by Crippen LogP contribution is -2.38. The lowest BCUT2D eigenvalue weighted by atomic mass is 10.2. The molecule has 100 valence electrons. The number of ether oxygens (including phenoxy) is 2. The Morgan fingerprint density at radius 3 is 3.06 bits per heavy atom. The van der Waals surface area contributed by atoms with Gasteiger partial charge in [-0.25, -0.2) is 0 Å². The van der Waals surface area contributed by atoms with Crippen molar-refractivity contribution in [1.82, 2.24) is 5.32 Å². The van der Waals surface area contributed by atoms with E-state index in [0.717, 1.165) is 19.6 Å². The lowest BCUT2D eigenvalue weighted by molar-refractivity contribution is 0.102. The first-order valence-electron chi connectivity index (χ1n) is 6.12. The summed E-state index contributed by atoms with van der Waals surface area (Å²) < 4.78 is 10.7. The van der Waals surface area contributed by atoms with Gasteiger partial charge in [0.1, 0.15) is 18.5 Å². The zero-order valence-electron chi connectivity index (χ0n) is 10.1. The number of benzene rings is 1. The van der Waals surface area contributed by atoms with Crippen molar-refractivity contribution in [1.29, 1.82) is 0 Å². The van der Waals surface area contributed by atoms with Crippen LogP contribution < -0.4 is 10.1 Å². The zero-order chi connectivity index (χ0) is 12.8. The minimum Gasteiger partial charge on any atom is -0.489 e. The van der Waals surface area contributed by atoms with Gasteiger partial charge in [0.2, 0.25) is 0 Å². The molecule has 1 saturated heterocycles. The Hall–Kier alpha value is -0.810. The average molecular weight is 272 g/mol. The molecule has 2 N–H and O–H groups in total. The highest BCUT2D eigenvalue weighted by Gasteiger charge is 2.16. The van der Waals surface area contributed by atoms with E-state index in [2.05, 4.69) is 5.32 Å². The highest BCUT2D eigenvalue weighted by molar-refractivity contribution is 6.32. The van der Waals surface area contributed by atoms with Gasteiger partial charge in [0.05, 0.1) is 11.6 Å². The Morgan fingerprint density at radius 1 is 1.50 bits per heavy atom. The van der Waals surface area contributed by atoms with E-state index in [1.54, 1.807) is 12.1 Å². The summed E-state index contributed by atoms with van der Waals surface area (Å²) in [7, 11) is 0. The largest absolute Gasteiger partial charge is 0.489 e. The SMILES string of the molecule is OC(CNC1CCOC1)COc1ccccc1Cl. The average Bonchev–Trinajstić information content (AvgIpc) is 2.88. The summed E-state index contributed by atoms with van der Waals surface area (Å²) >= 11 is 5.95. The van der Waals surface area contributed by atoms with E-state index in [0.29, 0.717) is 23.4 Å². The van der Waals surface area contributed by atoms with Crippen molar-refractivity contribution < 1.29 is 14.6 Å². The van der Waals surface area contributed by atoms with Crippen molar-refractivity contribution in [2.75, 3.05) is 26.4 Å². The first-order valence-corrected chi connectivity index (χ1v) is 6.50. The summed E-state index contributed by atoms with van der Waals surface area (Å²) in [6.07, 6.45) is 0.444. The molecule has 4 nitrogen and oxygen atoms in total. The molecule has 0 radical (unpaired) electrons. The van der Waals surface area contributed by atoms with Crippen molar-refractivity contribution in [2.24, 2.45) is 0 Å². The van der Waals surface area contributed by atoms with Crippen LogP contribution >= 0.6 is 11.6 Å². The zero-order valence-corrected chi connectivity index (χ0v) is 10.9. The van der Waals surface area contributed by atoms with E-state index in [9.17, 15) is 5.11 Å². The first kappa shape index (κ1) is 13.6. The summed E-state index contributed by atoms with van der Waals surface area (Å²) in [6, 6.07) is 7.58. The molecular formula is C13H18ClNO3. The Labute approximate surface area is 112 Å². The van der Waals surface area contributed by atoms with E-state index in [-0.39, 0.29) is 6.61 Å². The Bertz CT molecular complexity index is 369. The summed E-state index contributed by atoms with van der Waals surface area (Å²) in [5.74, 6) is 0.599. The smallest absolute Gasteiger partial charge is 0.138 e. The van der Waals surface area contributed by atoms with Crippen LogP contribution in [0.25, 0.3) is 0 Å². The van der Waals surface area contributed by atoms with Crippen LogP contribution in [0.1, 0.15) is 6.42 Å². The molecule has 2 unspecified atom stereocenters. The standard InChI is InChI=1S/C13H18ClNO3/c14-12-3-1-2-4-13(12)18-9-11(16)7-15-10-5-6-17-8-10/h1-4,10-11,15-16H,5-9H2. The molecule has 1 aromatic rings. The molecule has 1 aliphatic heterocycles. The maximum atomic E-state index is 9.79. The number of rotatable bonds is 6. The van der Waals surface area contributed by atoms with E-state index in [1.165, 1.54) is 0 Å². The molecule has 18 heavy (non-hydrogen) atoms. The quantitative estimate of drug-likeness (QED) is 0.822. The second-order valence-electron chi connectivity index (χ2n) is 4.36. The van der Waals surface area contributed by atoms with Crippen LogP contribution in [0.3, 0.4) is 0 Å². The molecule has 1 aliphatic rings.